The van der Waals surface area contributed by atoms with Crippen LogP contribution in [-0.4, -0.2) is 96.5 Å². The van der Waals surface area contributed by atoms with Gasteiger partial charge in [0.05, 0.1) is 33.9 Å². The molecule has 0 radical (unpaired) electrons. The fraction of sp³-hybridized carbons (Fsp3) is 0.524. The van der Waals surface area contributed by atoms with Crippen molar-refractivity contribution in [3.63, 3.8) is 0 Å². The largest absolute Gasteiger partial charge is 0.493 e. The summed E-state index contributed by atoms with van der Waals surface area (Å²) >= 11 is 0. The second-order valence-corrected chi connectivity index (χ2v) is 7.57. The SMILES string of the molecule is CCN1C(=O)C2C(=NC3=[N+](CCc4ccc(OC)c(OC)c4)CCCN32)N(C)C1=O. The van der Waals surface area contributed by atoms with E-state index in [1.54, 1.807) is 21.3 Å². The number of ether oxygens (including phenoxy) is 2. The first-order chi connectivity index (χ1) is 14.5. The van der Waals surface area contributed by atoms with Gasteiger partial charge in [0.25, 0.3) is 5.91 Å². The molecule has 0 saturated carbocycles. The Morgan fingerprint density at radius 3 is 2.67 bits per heavy atom. The number of amides is 3. The van der Waals surface area contributed by atoms with Crippen LogP contribution in [0.15, 0.2) is 23.2 Å². The average molecular weight is 414 g/mol. The molecule has 1 aromatic carbocycles. The van der Waals surface area contributed by atoms with Crippen molar-refractivity contribution in [2.24, 2.45) is 4.99 Å². The lowest BCUT2D eigenvalue weighted by atomic mass is 10.1. The lowest BCUT2D eigenvalue weighted by molar-refractivity contribution is -0.538. The third-order valence-electron chi connectivity index (χ3n) is 5.93. The summed E-state index contributed by atoms with van der Waals surface area (Å²) < 4.78 is 12.9. The van der Waals surface area contributed by atoms with Crippen LogP contribution >= 0.6 is 0 Å². The Morgan fingerprint density at radius 2 is 1.97 bits per heavy atom. The van der Waals surface area contributed by atoms with Gasteiger partial charge in [0, 0.05) is 26.4 Å². The van der Waals surface area contributed by atoms with Crippen molar-refractivity contribution in [2.75, 3.05) is 47.4 Å². The predicted octanol–water partition coefficient (Wildman–Crippen LogP) is 1.02. The van der Waals surface area contributed by atoms with E-state index < -0.39 is 6.04 Å². The number of fused-ring (bicyclic) bond motifs is 3. The topological polar surface area (TPSA) is 77.7 Å². The molecular formula is C21H28N5O4+. The van der Waals surface area contributed by atoms with Gasteiger partial charge in [-0.15, -0.1) is 0 Å². The zero-order chi connectivity index (χ0) is 21.4. The number of imide groups is 1. The molecule has 9 heteroatoms. The van der Waals surface area contributed by atoms with Crippen LogP contribution in [0.2, 0.25) is 0 Å². The third-order valence-corrected chi connectivity index (χ3v) is 5.93. The molecule has 3 amide bonds. The van der Waals surface area contributed by atoms with Crippen LogP contribution in [0.5, 0.6) is 11.5 Å². The normalized spacial score (nSPS) is 21.0. The van der Waals surface area contributed by atoms with Crippen molar-refractivity contribution in [2.45, 2.75) is 25.8 Å². The van der Waals surface area contributed by atoms with Gasteiger partial charge < -0.3 is 9.47 Å². The molecule has 9 nitrogen and oxygen atoms in total. The first-order valence-electron chi connectivity index (χ1n) is 10.3. The quantitative estimate of drug-likeness (QED) is 0.650. The fourth-order valence-electron chi connectivity index (χ4n) is 4.32. The van der Waals surface area contributed by atoms with Gasteiger partial charge in [-0.25, -0.2) is 9.69 Å². The fourth-order valence-corrected chi connectivity index (χ4v) is 4.32. The van der Waals surface area contributed by atoms with E-state index in [-0.39, 0.29) is 11.9 Å². The molecule has 0 aliphatic carbocycles. The van der Waals surface area contributed by atoms with Crippen molar-refractivity contribution in [1.29, 1.82) is 0 Å². The molecule has 0 spiro atoms. The minimum absolute atomic E-state index is 0.184. The molecule has 0 bridgehead atoms. The summed E-state index contributed by atoms with van der Waals surface area (Å²) in [6.07, 6.45) is 1.74. The Kier molecular flexibility index (Phi) is 5.36. The van der Waals surface area contributed by atoms with Crippen molar-refractivity contribution < 1.29 is 23.6 Å². The highest BCUT2D eigenvalue weighted by Crippen LogP contribution is 2.28. The summed E-state index contributed by atoms with van der Waals surface area (Å²) in [5.41, 5.74) is 1.13. The Balaban J connectivity index is 1.59. The molecule has 1 saturated heterocycles. The second-order valence-electron chi connectivity index (χ2n) is 7.57. The number of urea groups is 1. The molecule has 3 aliphatic rings. The summed E-state index contributed by atoms with van der Waals surface area (Å²) in [4.78, 5) is 35.1. The number of amidine groups is 1. The number of benzene rings is 1. The minimum atomic E-state index is -0.508. The lowest BCUT2D eigenvalue weighted by Crippen LogP contribution is -2.64. The van der Waals surface area contributed by atoms with Crippen LogP contribution in [0.4, 0.5) is 4.79 Å². The molecule has 0 aromatic heterocycles. The predicted molar refractivity (Wildman–Crippen MR) is 111 cm³/mol. The van der Waals surface area contributed by atoms with Crippen LogP contribution in [0.25, 0.3) is 0 Å². The Bertz CT molecular complexity index is 941. The zero-order valence-corrected chi connectivity index (χ0v) is 17.9. The smallest absolute Gasteiger partial charge is 0.392 e. The van der Waals surface area contributed by atoms with E-state index in [0.717, 1.165) is 44.0 Å². The molecule has 30 heavy (non-hydrogen) atoms. The van der Waals surface area contributed by atoms with Gasteiger partial charge in [-0.3, -0.25) is 19.2 Å². The van der Waals surface area contributed by atoms with Gasteiger partial charge in [0.2, 0.25) is 11.9 Å². The van der Waals surface area contributed by atoms with Crippen molar-refractivity contribution >= 4 is 23.7 Å². The van der Waals surface area contributed by atoms with E-state index in [9.17, 15) is 9.59 Å². The van der Waals surface area contributed by atoms with E-state index in [1.165, 1.54) is 9.80 Å². The van der Waals surface area contributed by atoms with Gasteiger partial charge in [0.1, 0.15) is 0 Å². The first-order valence-corrected chi connectivity index (χ1v) is 10.3. The van der Waals surface area contributed by atoms with Crippen molar-refractivity contribution in [3.05, 3.63) is 23.8 Å². The van der Waals surface area contributed by atoms with Gasteiger partial charge in [0.15, 0.2) is 11.5 Å². The number of methoxy groups -OCH3 is 2. The van der Waals surface area contributed by atoms with E-state index in [4.69, 9.17) is 14.5 Å². The summed E-state index contributed by atoms with van der Waals surface area (Å²) in [5, 5.41) is 0. The Labute approximate surface area is 176 Å². The van der Waals surface area contributed by atoms with Gasteiger partial charge in [-0.2, -0.15) is 0 Å². The molecule has 4 rings (SSSR count). The molecular weight excluding hydrogens is 386 g/mol. The average Bonchev–Trinajstić information content (AvgIpc) is 3.17. The Hall–Kier alpha value is -3.10. The van der Waals surface area contributed by atoms with Crippen LogP contribution < -0.4 is 9.47 Å². The molecule has 3 heterocycles. The molecule has 160 valence electrons. The highest BCUT2D eigenvalue weighted by Gasteiger charge is 2.56. The maximum Gasteiger partial charge on any atom is 0.392 e. The van der Waals surface area contributed by atoms with Crippen LogP contribution in [-0.2, 0) is 11.2 Å². The lowest BCUT2D eigenvalue weighted by Gasteiger charge is -2.35. The summed E-state index contributed by atoms with van der Waals surface area (Å²) in [5.74, 6) is 2.55. The van der Waals surface area contributed by atoms with E-state index in [0.29, 0.717) is 23.9 Å². The molecule has 3 aliphatic heterocycles. The molecule has 1 unspecified atom stereocenters. The van der Waals surface area contributed by atoms with Gasteiger partial charge in [-0.1, -0.05) is 11.1 Å². The summed E-state index contributed by atoms with van der Waals surface area (Å²) in [6.45, 7) is 4.56. The molecule has 1 fully saturated rings. The van der Waals surface area contributed by atoms with Crippen LogP contribution in [0, 0.1) is 0 Å². The van der Waals surface area contributed by atoms with Crippen molar-refractivity contribution in [3.8, 4) is 11.5 Å². The maximum absolute atomic E-state index is 13.0. The van der Waals surface area contributed by atoms with Crippen LogP contribution in [0.3, 0.4) is 0 Å². The Morgan fingerprint density at radius 1 is 1.20 bits per heavy atom. The molecule has 0 N–H and O–H groups in total. The number of hydrogen-bond donors (Lipinski definition) is 0. The minimum Gasteiger partial charge on any atom is -0.493 e. The number of rotatable bonds is 6. The standard InChI is InChI=1S/C21H28N5O4/c1-5-25-19(27)17-18(23(2)21(25)28)22-20-24(10-6-11-26(17)20)12-9-14-7-8-15(29-3)16(13-14)30-4/h7-8,13,17H,5-6,9-12H2,1-4H3/q+1. The van der Waals surface area contributed by atoms with Gasteiger partial charge >= 0.3 is 12.0 Å². The van der Waals surface area contributed by atoms with E-state index in [1.807, 2.05) is 30.0 Å². The van der Waals surface area contributed by atoms with Gasteiger partial charge in [-0.05, 0) is 24.6 Å². The number of likely N-dealkylation sites (N-methyl/N-ethyl adjacent to an activating group) is 2. The monoisotopic (exact) mass is 414 g/mol. The molecule has 1 atom stereocenters. The number of carbonyl (C=O) groups excluding carboxylic acids is 2. The zero-order valence-electron chi connectivity index (χ0n) is 17.9. The molecule has 1 aromatic rings. The highest BCUT2D eigenvalue weighted by molar-refractivity contribution is 6.25. The summed E-state index contributed by atoms with van der Waals surface area (Å²) in [7, 11) is 4.94. The number of nitrogens with zero attached hydrogens (tertiary/aromatic N) is 5. The van der Waals surface area contributed by atoms with Crippen molar-refractivity contribution in [1.82, 2.24) is 14.7 Å². The number of carbonyl (C=O) groups is 2. The summed E-state index contributed by atoms with van der Waals surface area (Å²) in [6, 6.07) is 5.11. The van der Waals surface area contributed by atoms with E-state index in [2.05, 4.69) is 4.58 Å². The maximum atomic E-state index is 13.0. The first kappa shape index (κ1) is 20.2. The highest BCUT2D eigenvalue weighted by atomic mass is 16.5. The van der Waals surface area contributed by atoms with E-state index >= 15 is 0 Å². The third kappa shape index (κ3) is 3.18. The second kappa shape index (κ2) is 7.97. The number of hydrogen-bond acceptors (Lipinski definition) is 6. The number of aliphatic imine (C=N–C) groups is 1. The number of guanidine groups is 1. The van der Waals surface area contributed by atoms with Crippen LogP contribution in [0.1, 0.15) is 18.9 Å².